The van der Waals surface area contributed by atoms with Crippen molar-refractivity contribution >= 4 is 5.91 Å². The zero-order valence-electron chi connectivity index (χ0n) is 4.14. The number of hydrogen-bond donors (Lipinski definition) is 2. The fraction of sp³-hybridized carbons (Fsp3) is 0.250. The summed E-state index contributed by atoms with van der Waals surface area (Å²) in [4.78, 5) is 9.98. The molecule has 0 aliphatic carbocycles. The predicted octanol–water partition coefficient (Wildman–Crippen LogP) is -0.448. The molecule has 0 saturated heterocycles. The van der Waals surface area contributed by atoms with E-state index in [2.05, 4.69) is 5.32 Å². The number of carbonyl (C=O) groups is 1. The minimum Gasteiger partial charge on any atom is -0.403 e. The first kappa shape index (κ1) is 6.01. The number of rotatable bonds is 1. The Morgan fingerprint density at radius 3 is 2.57 bits per heavy atom. The molecule has 0 spiro atoms. The number of nitrogens with one attached hydrogen (secondary N) is 1. The Kier molecular flexibility index (Phi) is 2.76. The highest BCUT2D eigenvalue weighted by atomic mass is 16.1. The Balaban J connectivity index is 3.14. The highest BCUT2D eigenvalue weighted by molar-refractivity contribution is 5.73. The smallest absolute Gasteiger partial charge is 0.220 e. The minimum absolute atomic E-state index is 0.110. The normalized spacial score (nSPS) is 9.29. The van der Waals surface area contributed by atoms with Crippen LogP contribution in [0.5, 0.6) is 0 Å². The zero-order valence-corrected chi connectivity index (χ0v) is 4.14. The van der Waals surface area contributed by atoms with Gasteiger partial charge in [0.1, 0.15) is 0 Å². The molecular formula is C4H8N2O. The third kappa shape index (κ3) is 5.01. The molecule has 1 amide bonds. The van der Waals surface area contributed by atoms with Crippen LogP contribution in [0.2, 0.25) is 0 Å². The Hall–Kier alpha value is -0.990. The van der Waals surface area contributed by atoms with Crippen molar-refractivity contribution in [3.63, 3.8) is 0 Å². The summed E-state index contributed by atoms with van der Waals surface area (Å²) in [7, 11) is 0. The summed E-state index contributed by atoms with van der Waals surface area (Å²) in [6, 6.07) is 0. The molecule has 0 atom stereocenters. The molecule has 3 N–H and O–H groups in total. The predicted molar refractivity (Wildman–Crippen MR) is 27.1 cm³/mol. The van der Waals surface area contributed by atoms with E-state index in [1.165, 1.54) is 19.3 Å². The van der Waals surface area contributed by atoms with Crippen molar-refractivity contribution < 1.29 is 4.79 Å². The van der Waals surface area contributed by atoms with E-state index in [4.69, 9.17) is 5.73 Å². The van der Waals surface area contributed by atoms with Crippen molar-refractivity contribution in [3.05, 3.63) is 12.4 Å². The second kappa shape index (κ2) is 3.21. The summed E-state index contributed by atoms with van der Waals surface area (Å²) in [6.07, 6.45) is 2.64. The quantitative estimate of drug-likeness (QED) is 0.469. The van der Waals surface area contributed by atoms with Crippen LogP contribution in [0.1, 0.15) is 6.92 Å². The van der Waals surface area contributed by atoms with Gasteiger partial charge in [0.05, 0.1) is 0 Å². The molecule has 0 aliphatic rings. The van der Waals surface area contributed by atoms with E-state index in [0.717, 1.165) is 0 Å². The molecule has 0 unspecified atom stereocenters. The van der Waals surface area contributed by atoms with Crippen LogP contribution < -0.4 is 11.1 Å². The van der Waals surface area contributed by atoms with E-state index < -0.39 is 0 Å². The van der Waals surface area contributed by atoms with Crippen LogP contribution in [-0.4, -0.2) is 5.91 Å². The number of hydrogen-bond acceptors (Lipinski definition) is 2. The fourth-order valence-corrected chi connectivity index (χ4v) is 0.165. The van der Waals surface area contributed by atoms with E-state index in [9.17, 15) is 4.79 Å². The molecule has 40 valence electrons. The standard InChI is InChI=1S/C4H8N2O/c1-4(7)6-3-2-5/h2-3H,5H2,1H3,(H,6,7)/b3-2-. The van der Waals surface area contributed by atoms with Gasteiger partial charge >= 0.3 is 0 Å². The van der Waals surface area contributed by atoms with Gasteiger partial charge in [-0.1, -0.05) is 0 Å². The van der Waals surface area contributed by atoms with Crippen LogP contribution in [0.15, 0.2) is 12.4 Å². The summed E-state index contributed by atoms with van der Waals surface area (Å²) >= 11 is 0. The van der Waals surface area contributed by atoms with Gasteiger partial charge in [-0.05, 0) is 0 Å². The van der Waals surface area contributed by atoms with Crippen molar-refractivity contribution in [2.24, 2.45) is 5.73 Å². The Morgan fingerprint density at radius 1 is 1.86 bits per heavy atom. The van der Waals surface area contributed by atoms with Crippen molar-refractivity contribution in [3.8, 4) is 0 Å². The average Bonchev–Trinajstić information content (AvgIpc) is 1.61. The van der Waals surface area contributed by atoms with E-state index >= 15 is 0 Å². The first-order valence-electron chi connectivity index (χ1n) is 1.91. The summed E-state index contributed by atoms with van der Waals surface area (Å²) in [6.45, 7) is 1.42. The molecular weight excluding hydrogens is 92.1 g/mol. The molecule has 0 aromatic carbocycles. The molecule has 0 aromatic heterocycles. The summed E-state index contributed by atoms with van der Waals surface area (Å²) in [5.41, 5.74) is 4.88. The van der Waals surface area contributed by atoms with Crippen molar-refractivity contribution in [1.29, 1.82) is 0 Å². The van der Waals surface area contributed by atoms with E-state index in [-0.39, 0.29) is 5.91 Å². The number of carbonyl (C=O) groups excluding carboxylic acids is 1. The lowest BCUT2D eigenvalue weighted by molar-refractivity contribution is -0.118. The number of amides is 1. The Morgan fingerprint density at radius 2 is 2.43 bits per heavy atom. The molecule has 0 radical (unpaired) electrons. The van der Waals surface area contributed by atoms with Gasteiger partial charge in [-0.15, -0.1) is 0 Å². The molecule has 0 aromatic rings. The summed E-state index contributed by atoms with van der Waals surface area (Å²) in [5.74, 6) is -0.110. The first-order valence-corrected chi connectivity index (χ1v) is 1.91. The van der Waals surface area contributed by atoms with Gasteiger partial charge in [0.15, 0.2) is 0 Å². The van der Waals surface area contributed by atoms with Gasteiger partial charge in [0, 0.05) is 19.3 Å². The van der Waals surface area contributed by atoms with Gasteiger partial charge in [-0.2, -0.15) is 0 Å². The monoisotopic (exact) mass is 100 g/mol. The first-order chi connectivity index (χ1) is 3.27. The maximum Gasteiger partial charge on any atom is 0.220 e. The molecule has 0 rings (SSSR count). The van der Waals surface area contributed by atoms with Crippen LogP contribution in [0, 0.1) is 0 Å². The molecule has 0 saturated carbocycles. The maximum absolute atomic E-state index is 9.98. The SMILES string of the molecule is CC(=O)N/C=C\N. The molecule has 7 heavy (non-hydrogen) atoms. The van der Waals surface area contributed by atoms with Crippen molar-refractivity contribution in [2.45, 2.75) is 6.92 Å². The van der Waals surface area contributed by atoms with Gasteiger partial charge < -0.3 is 11.1 Å². The van der Waals surface area contributed by atoms with E-state index in [0.29, 0.717) is 0 Å². The van der Waals surface area contributed by atoms with Crippen LogP contribution >= 0.6 is 0 Å². The molecule has 3 heteroatoms. The molecule has 0 heterocycles. The topological polar surface area (TPSA) is 55.1 Å². The van der Waals surface area contributed by atoms with Crippen LogP contribution in [0.3, 0.4) is 0 Å². The summed E-state index contributed by atoms with van der Waals surface area (Å²) in [5, 5.41) is 2.35. The molecule has 0 aliphatic heterocycles. The second-order valence-corrected chi connectivity index (χ2v) is 1.06. The van der Waals surface area contributed by atoms with Gasteiger partial charge in [-0.3, -0.25) is 4.79 Å². The van der Waals surface area contributed by atoms with Gasteiger partial charge in [-0.25, -0.2) is 0 Å². The Bertz CT molecular complexity index is 87.7. The third-order valence-corrected chi connectivity index (χ3v) is 0.383. The highest BCUT2D eigenvalue weighted by Crippen LogP contribution is 1.57. The number of nitrogens with two attached hydrogens (primary N) is 1. The van der Waals surface area contributed by atoms with Gasteiger partial charge in [0.2, 0.25) is 5.91 Å². The van der Waals surface area contributed by atoms with Crippen molar-refractivity contribution in [1.82, 2.24) is 5.32 Å². The van der Waals surface area contributed by atoms with Crippen LogP contribution in [-0.2, 0) is 4.79 Å². The third-order valence-electron chi connectivity index (χ3n) is 0.383. The van der Waals surface area contributed by atoms with Crippen molar-refractivity contribution in [2.75, 3.05) is 0 Å². The van der Waals surface area contributed by atoms with Crippen LogP contribution in [0.4, 0.5) is 0 Å². The highest BCUT2D eigenvalue weighted by Gasteiger charge is 1.77. The lowest BCUT2D eigenvalue weighted by Gasteiger charge is -1.85. The lowest BCUT2D eigenvalue weighted by Crippen LogP contribution is -2.11. The molecule has 0 fully saturated rings. The van der Waals surface area contributed by atoms with Crippen LogP contribution in [0.25, 0.3) is 0 Å². The van der Waals surface area contributed by atoms with E-state index in [1.807, 2.05) is 0 Å². The summed E-state index contributed by atoms with van der Waals surface area (Å²) < 4.78 is 0. The zero-order chi connectivity index (χ0) is 5.70. The molecule has 0 bridgehead atoms. The van der Waals surface area contributed by atoms with Gasteiger partial charge in [0.25, 0.3) is 0 Å². The largest absolute Gasteiger partial charge is 0.403 e. The van der Waals surface area contributed by atoms with E-state index in [1.54, 1.807) is 0 Å². The lowest BCUT2D eigenvalue weighted by atomic mass is 10.7. The molecule has 3 nitrogen and oxygen atoms in total. The maximum atomic E-state index is 9.98. The minimum atomic E-state index is -0.110. The Labute approximate surface area is 42.2 Å². The average molecular weight is 100 g/mol. The second-order valence-electron chi connectivity index (χ2n) is 1.06. The fourth-order valence-electron chi connectivity index (χ4n) is 0.165.